The third-order valence-corrected chi connectivity index (χ3v) is 3.80. The molecular formula is C17H19IN2O4. The predicted octanol–water partition coefficient (Wildman–Crippen LogP) is 3.28. The van der Waals surface area contributed by atoms with Gasteiger partial charge in [-0.1, -0.05) is 12.1 Å². The van der Waals surface area contributed by atoms with E-state index in [1.165, 1.54) is 7.11 Å². The summed E-state index contributed by atoms with van der Waals surface area (Å²) in [7, 11) is 1.34. The van der Waals surface area contributed by atoms with Crippen molar-refractivity contribution in [2.75, 3.05) is 7.11 Å². The summed E-state index contributed by atoms with van der Waals surface area (Å²) in [6.45, 7) is 5.53. The molecule has 6 nitrogen and oxygen atoms in total. The molecule has 1 heterocycles. The molecule has 0 amide bonds. The highest BCUT2D eigenvalue weighted by atomic mass is 127. The number of ether oxygens (including phenoxy) is 2. The van der Waals surface area contributed by atoms with Crippen LogP contribution >= 0.6 is 22.6 Å². The number of carbonyl (C=O) groups excluding carboxylic acids is 2. The van der Waals surface area contributed by atoms with Gasteiger partial charge in [0.05, 0.1) is 16.2 Å². The summed E-state index contributed by atoms with van der Waals surface area (Å²) < 4.78 is 12.4. The molecule has 128 valence electrons. The Hall–Kier alpha value is -1.90. The molecule has 0 atom stereocenters. The molecule has 1 aromatic heterocycles. The van der Waals surface area contributed by atoms with Crippen LogP contribution in [-0.2, 0) is 20.8 Å². The first-order valence-corrected chi connectivity index (χ1v) is 8.41. The fourth-order valence-electron chi connectivity index (χ4n) is 2.06. The van der Waals surface area contributed by atoms with E-state index in [0.717, 1.165) is 14.8 Å². The van der Waals surface area contributed by atoms with Gasteiger partial charge in [-0.15, -0.1) is 0 Å². The lowest BCUT2D eigenvalue weighted by Crippen LogP contribution is -2.26. The normalized spacial score (nSPS) is 11.2. The van der Waals surface area contributed by atoms with Crippen LogP contribution in [-0.4, -0.2) is 34.4 Å². The second-order valence-electron chi connectivity index (χ2n) is 6.18. The van der Waals surface area contributed by atoms with Crippen molar-refractivity contribution in [2.45, 2.75) is 32.9 Å². The standard InChI is InChI=1S/C17H19IN2O4/c1-17(2,3)24-14(21)10-20-9-13(18)15(19-20)11-5-7-12(8-6-11)16(22)23-4/h5-9H,10H2,1-4H3. The zero-order valence-corrected chi connectivity index (χ0v) is 16.2. The van der Waals surface area contributed by atoms with Crippen LogP contribution in [0, 0.1) is 3.57 Å². The van der Waals surface area contributed by atoms with Crippen molar-refractivity contribution in [3.63, 3.8) is 0 Å². The van der Waals surface area contributed by atoms with Crippen LogP contribution in [0.1, 0.15) is 31.1 Å². The molecule has 7 heteroatoms. The van der Waals surface area contributed by atoms with Crippen LogP contribution in [0.15, 0.2) is 30.5 Å². The molecule has 0 fully saturated rings. The second-order valence-corrected chi connectivity index (χ2v) is 7.34. The van der Waals surface area contributed by atoms with Gasteiger partial charge < -0.3 is 9.47 Å². The Kier molecular flexibility index (Phi) is 5.63. The summed E-state index contributed by atoms with van der Waals surface area (Å²) in [6.07, 6.45) is 1.79. The lowest BCUT2D eigenvalue weighted by molar-refractivity contribution is -0.155. The number of aromatic nitrogens is 2. The number of rotatable bonds is 4. The third-order valence-electron chi connectivity index (χ3n) is 3.01. The highest BCUT2D eigenvalue weighted by Gasteiger charge is 2.18. The fraction of sp³-hybridized carbons (Fsp3) is 0.353. The summed E-state index contributed by atoms with van der Waals surface area (Å²) in [5.74, 6) is -0.722. The van der Waals surface area contributed by atoms with Gasteiger partial charge in [-0.05, 0) is 55.5 Å². The van der Waals surface area contributed by atoms with E-state index in [1.54, 1.807) is 35.1 Å². The zero-order chi connectivity index (χ0) is 17.9. The Bertz CT molecular complexity index is 745. The highest BCUT2D eigenvalue weighted by molar-refractivity contribution is 14.1. The van der Waals surface area contributed by atoms with Gasteiger partial charge in [0, 0.05) is 11.8 Å². The largest absolute Gasteiger partial charge is 0.465 e. The number of nitrogens with zero attached hydrogens (tertiary/aromatic N) is 2. The first-order valence-electron chi connectivity index (χ1n) is 7.33. The molecule has 1 aromatic carbocycles. The van der Waals surface area contributed by atoms with Gasteiger partial charge in [-0.3, -0.25) is 9.48 Å². The Morgan fingerprint density at radius 1 is 1.21 bits per heavy atom. The summed E-state index contributed by atoms with van der Waals surface area (Å²) in [4.78, 5) is 23.4. The number of methoxy groups -OCH3 is 1. The quantitative estimate of drug-likeness (QED) is 0.537. The van der Waals surface area contributed by atoms with Gasteiger partial charge in [0.1, 0.15) is 17.8 Å². The molecule has 0 saturated heterocycles. The predicted molar refractivity (Wildman–Crippen MR) is 97.6 cm³/mol. The maximum absolute atomic E-state index is 11.9. The number of hydrogen-bond donors (Lipinski definition) is 0. The Labute approximate surface area is 154 Å². The van der Waals surface area contributed by atoms with E-state index < -0.39 is 5.60 Å². The lowest BCUT2D eigenvalue weighted by Gasteiger charge is -2.19. The van der Waals surface area contributed by atoms with Gasteiger partial charge in [0.2, 0.25) is 0 Å². The Balaban J connectivity index is 2.17. The van der Waals surface area contributed by atoms with E-state index in [0.29, 0.717) is 5.56 Å². The van der Waals surface area contributed by atoms with Crippen molar-refractivity contribution in [3.8, 4) is 11.3 Å². The monoisotopic (exact) mass is 442 g/mol. The van der Waals surface area contributed by atoms with Gasteiger partial charge in [-0.2, -0.15) is 5.10 Å². The van der Waals surface area contributed by atoms with Gasteiger partial charge >= 0.3 is 11.9 Å². The molecule has 0 aliphatic heterocycles. The number of hydrogen-bond acceptors (Lipinski definition) is 5. The van der Waals surface area contributed by atoms with E-state index in [1.807, 2.05) is 20.8 Å². The molecule has 0 unspecified atom stereocenters. The summed E-state index contributed by atoms with van der Waals surface area (Å²) in [6, 6.07) is 6.97. The minimum absolute atomic E-state index is 0.0491. The van der Waals surface area contributed by atoms with Crippen molar-refractivity contribution in [2.24, 2.45) is 0 Å². The zero-order valence-electron chi connectivity index (χ0n) is 14.0. The van der Waals surface area contributed by atoms with Crippen molar-refractivity contribution >= 4 is 34.5 Å². The molecule has 0 saturated carbocycles. The smallest absolute Gasteiger partial charge is 0.337 e. The number of esters is 2. The van der Waals surface area contributed by atoms with Gasteiger partial charge in [0.25, 0.3) is 0 Å². The molecule has 0 spiro atoms. The minimum atomic E-state index is -0.524. The number of halogens is 1. The maximum Gasteiger partial charge on any atom is 0.337 e. The summed E-state index contributed by atoms with van der Waals surface area (Å²) >= 11 is 2.16. The van der Waals surface area contributed by atoms with E-state index in [9.17, 15) is 9.59 Å². The molecular weight excluding hydrogens is 423 g/mol. The van der Waals surface area contributed by atoms with E-state index >= 15 is 0 Å². The molecule has 0 N–H and O–H groups in total. The Morgan fingerprint density at radius 2 is 1.83 bits per heavy atom. The topological polar surface area (TPSA) is 70.4 Å². The third kappa shape index (κ3) is 4.80. The van der Waals surface area contributed by atoms with Crippen molar-refractivity contribution in [1.82, 2.24) is 9.78 Å². The first-order chi connectivity index (χ1) is 11.2. The molecule has 24 heavy (non-hydrogen) atoms. The van der Waals surface area contributed by atoms with E-state index in [4.69, 9.17) is 4.74 Å². The average molecular weight is 442 g/mol. The second kappa shape index (κ2) is 7.33. The van der Waals surface area contributed by atoms with Crippen LogP contribution in [0.4, 0.5) is 0 Å². The average Bonchev–Trinajstić information content (AvgIpc) is 2.85. The number of carbonyl (C=O) groups is 2. The summed E-state index contributed by atoms with van der Waals surface area (Å²) in [5.41, 5.74) is 1.55. The lowest BCUT2D eigenvalue weighted by atomic mass is 10.1. The first kappa shape index (κ1) is 18.4. The van der Waals surface area contributed by atoms with Gasteiger partial charge in [0.15, 0.2) is 0 Å². The number of benzene rings is 1. The minimum Gasteiger partial charge on any atom is -0.465 e. The van der Waals surface area contributed by atoms with Crippen LogP contribution in [0.5, 0.6) is 0 Å². The van der Waals surface area contributed by atoms with Crippen molar-refractivity contribution in [1.29, 1.82) is 0 Å². The van der Waals surface area contributed by atoms with Crippen molar-refractivity contribution < 1.29 is 19.1 Å². The molecule has 0 bridgehead atoms. The van der Waals surface area contributed by atoms with Crippen LogP contribution in [0.3, 0.4) is 0 Å². The molecule has 2 rings (SSSR count). The molecule has 0 aliphatic rings. The molecule has 0 radical (unpaired) electrons. The maximum atomic E-state index is 11.9. The molecule has 2 aromatic rings. The molecule has 0 aliphatic carbocycles. The van der Waals surface area contributed by atoms with Crippen LogP contribution in [0.25, 0.3) is 11.3 Å². The van der Waals surface area contributed by atoms with E-state index in [2.05, 4.69) is 32.4 Å². The fourth-order valence-corrected chi connectivity index (χ4v) is 2.80. The van der Waals surface area contributed by atoms with E-state index in [-0.39, 0.29) is 18.5 Å². The van der Waals surface area contributed by atoms with Crippen molar-refractivity contribution in [3.05, 3.63) is 39.6 Å². The Morgan fingerprint density at radius 3 is 2.38 bits per heavy atom. The summed E-state index contributed by atoms with van der Waals surface area (Å²) in [5, 5.41) is 4.44. The van der Waals surface area contributed by atoms with Gasteiger partial charge in [-0.25, -0.2) is 4.79 Å². The highest BCUT2D eigenvalue weighted by Crippen LogP contribution is 2.24. The SMILES string of the molecule is COC(=O)c1ccc(-c2nn(CC(=O)OC(C)(C)C)cc2I)cc1. The van der Waals surface area contributed by atoms with Crippen LogP contribution in [0.2, 0.25) is 0 Å². The van der Waals surface area contributed by atoms with Crippen LogP contribution < -0.4 is 0 Å².